The number of carboxylic acids is 1. The van der Waals surface area contributed by atoms with Crippen molar-refractivity contribution in [3.05, 3.63) is 34.4 Å². The van der Waals surface area contributed by atoms with E-state index in [4.69, 9.17) is 5.11 Å². The van der Waals surface area contributed by atoms with Gasteiger partial charge in [0.15, 0.2) is 0 Å². The van der Waals surface area contributed by atoms with Crippen LogP contribution in [0.15, 0.2) is 28.9 Å². The van der Waals surface area contributed by atoms with Crippen molar-refractivity contribution in [1.82, 2.24) is 4.57 Å². The standard InChI is InChI=1S/C12H10BrNO3/c1-7(15)14-6-8(4-12(16)17)10-3-2-9(13)5-11(10)14/h2-3,5-6H,4H2,1H3,(H,16,17). The van der Waals surface area contributed by atoms with Crippen LogP contribution in [0, 0.1) is 0 Å². The molecule has 0 spiro atoms. The topological polar surface area (TPSA) is 59.3 Å². The number of nitrogens with zero attached hydrogens (tertiary/aromatic N) is 1. The molecule has 2 rings (SSSR count). The highest BCUT2D eigenvalue weighted by Gasteiger charge is 2.13. The highest BCUT2D eigenvalue weighted by molar-refractivity contribution is 9.10. The average molecular weight is 296 g/mol. The van der Waals surface area contributed by atoms with Crippen LogP contribution in [0.2, 0.25) is 0 Å². The maximum absolute atomic E-state index is 11.5. The zero-order chi connectivity index (χ0) is 12.6. The van der Waals surface area contributed by atoms with Crippen LogP contribution in [0.25, 0.3) is 10.9 Å². The molecule has 0 radical (unpaired) electrons. The van der Waals surface area contributed by atoms with E-state index >= 15 is 0 Å². The summed E-state index contributed by atoms with van der Waals surface area (Å²) in [4.78, 5) is 22.2. The Bertz CT molecular complexity index is 615. The minimum atomic E-state index is -0.907. The smallest absolute Gasteiger partial charge is 0.307 e. The molecule has 0 amide bonds. The highest BCUT2D eigenvalue weighted by atomic mass is 79.9. The van der Waals surface area contributed by atoms with Gasteiger partial charge in [-0.1, -0.05) is 22.0 Å². The van der Waals surface area contributed by atoms with Gasteiger partial charge in [-0.25, -0.2) is 0 Å². The maximum atomic E-state index is 11.5. The minimum Gasteiger partial charge on any atom is -0.481 e. The number of benzene rings is 1. The van der Waals surface area contributed by atoms with Crippen molar-refractivity contribution < 1.29 is 14.7 Å². The Hall–Kier alpha value is -1.62. The van der Waals surface area contributed by atoms with Gasteiger partial charge in [0.1, 0.15) is 0 Å². The Labute approximate surface area is 106 Å². The fourth-order valence-corrected chi connectivity index (χ4v) is 2.18. The van der Waals surface area contributed by atoms with Gasteiger partial charge in [0.25, 0.3) is 0 Å². The number of rotatable bonds is 2. The van der Waals surface area contributed by atoms with Gasteiger partial charge in [0.05, 0.1) is 11.9 Å². The second-order valence-electron chi connectivity index (χ2n) is 3.78. The zero-order valence-electron chi connectivity index (χ0n) is 9.11. The van der Waals surface area contributed by atoms with Crippen molar-refractivity contribution in [3.8, 4) is 0 Å². The predicted octanol–water partition coefficient (Wildman–Crippen LogP) is 2.69. The molecule has 0 aliphatic heterocycles. The molecule has 1 aromatic carbocycles. The second kappa shape index (κ2) is 4.33. The monoisotopic (exact) mass is 295 g/mol. The summed E-state index contributed by atoms with van der Waals surface area (Å²) >= 11 is 3.33. The van der Waals surface area contributed by atoms with Crippen LogP contribution in [0.3, 0.4) is 0 Å². The Balaban J connectivity index is 2.70. The fraction of sp³-hybridized carbons (Fsp3) is 0.167. The summed E-state index contributed by atoms with van der Waals surface area (Å²) in [6.45, 7) is 1.45. The molecular weight excluding hydrogens is 286 g/mol. The van der Waals surface area contributed by atoms with E-state index < -0.39 is 5.97 Å². The number of hydrogen-bond acceptors (Lipinski definition) is 2. The van der Waals surface area contributed by atoms with Gasteiger partial charge in [-0.3, -0.25) is 14.2 Å². The summed E-state index contributed by atoms with van der Waals surface area (Å²) in [6, 6.07) is 5.46. The zero-order valence-corrected chi connectivity index (χ0v) is 10.7. The molecule has 0 atom stereocenters. The third-order valence-electron chi connectivity index (χ3n) is 2.53. The predicted molar refractivity (Wildman–Crippen MR) is 67.3 cm³/mol. The van der Waals surface area contributed by atoms with Crippen LogP contribution in [0.1, 0.15) is 17.3 Å². The van der Waals surface area contributed by atoms with Gasteiger partial charge < -0.3 is 5.11 Å². The number of carbonyl (C=O) groups excluding carboxylic acids is 1. The first kappa shape index (κ1) is 11.9. The molecule has 17 heavy (non-hydrogen) atoms. The molecule has 1 aromatic heterocycles. The molecule has 1 heterocycles. The van der Waals surface area contributed by atoms with Gasteiger partial charge in [-0.05, 0) is 17.7 Å². The molecule has 0 aliphatic rings. The molecule has 0 aliphatic carbocycles. The van der Waals surface area contributed by atoms with Crippen LogP contribution in [-0.4, -0.2) is 21.6 Å². The SMILES string of the molecule is CC(=O)n1cc(CC(=O)O)c2ccc(Br)cc21. The number of aromatic nitrogens is 1. The molecule has 1 N–H and O–H groups in total. The van der Waals surface area contributed by atoms with E-state index in [0.717, 1.165) is 15.4 Å². The summed E-state index contributed by atoms with van der Waals surface area (Å²) in [7, 11) is 0. The average Bonchev–Trinajstić information content (AvgIpc) is 2.55. The highest BCUT2D eigenvalue weighted by Crippen LogP contribution is 2.25. The third-order valence-corrected chi connectivity index (χ3v) is 3.02. The Morgan fingerprint density at radius 3 is 2.71 bits per heavy atom. The molecule has 0 saturated heterocycles. The normalized spacial score (nSPS) is 10.7. The molecule has 0 bridgehead atoms. The fourth-order valence-electron chi connectivity index (χ4n) is 1.83. The van der Waals surface area contributed by atoms with Crippen LogP contribution in [-0.2, 0) is 11.2 Å². The molecule has 2 aromatic rings. The quantitative estimate of drug-likeness (QED) is 0.927. The summed E-state index contributed by atoms with van der Waals surface area (Å²) in [6.07, 6.45) is 1.51. The van der Waals surface area contributed by atoms with E-state index in [0.29, 0.717) is 5.56 Å². The van der Waals surface area contributed by atoms with Gasteiger partial charge in [-0.2, -0.15) is 0 Å². The number of aliphatic carboxylic acids is 1. The second-order valence-corrected chi connectivity index (χ2v) is 4.69. The van der Waals surface area contributed by atoms with Crippen molar-refractivity contribution in [2.75, 3.05) is 0 Å². The first-order valence-corrected chi connectivity index (χ1v) is 5.80. The molecule has 0 fully saturated rings. The van der Waals surface area contributed by atoms with Gasteiger partial charge in [0.2, 0.25) is 5.91 Å². The number of fused-ring (bicyclic) bond motifs is 1. The lowest BCUT2D eigenvalue weighted by atomic mass is 10.1. The van der Waals surface area contributed by atoms with Crippen molar-refractivity contribution in [2.24, 2.45) is 0 Å². The molecule has 0 saturated carbocycles. The molecule has 4 nitrogen and oxygen atoms in total. The Morgan fingerprint density at radius 1 is 1.41 bits per heavy atom. The van der Waals surface area contributed by atoms with E-state index in [1.807, 2.05) is 18.2 Å². The van der Waals surface area contributed by atoms with E-state index in [-0.39, 0.29) is 12.3 Å². The first-order chi connectivity index (χ1) is 7.99. The van der Waals surface area contributed by atoms with E-state index in [9.17, 15) is 9.59 Å². The molecular formula is C12H10BrNO3. The van der Waals surface area contributed by atoms with Crippen molar-refractivity contribution in [2.45, 2.75) is 13.3 Å². The van der Waals surface area contributed by atoms with Gasteiger partial charge >= 0.3 is 5.97 Å². The summed E-state index contributed by atoms with van der Waals surface area (Å²) in [5.41, 5.74) is 1.37. The molecule has 0 unspecified atom stereocenters. The Morgan fingerprint density at radius 2 is 2.12 bits per heavy atom. The molecule has 88 valence electrons. The number of hydrogen-bond donors (Lipinski definition) is 1. The lowest BCUT2D eigenvalue weighted by Crippen LogP contribution is -2.03. The third kappa shape index (κ3) is 2.24. The maximum Gasteiger partial charge on any atom is 0.307 e. The van der Waals surface area contributed by atoms with E-state index in [1.54, 1.807) is 6.20 Å². The summed E-state index contributed by atoms with van der Waals surface area (Å²) < 4.78 is 2.32. The summed E-state index contributed by atoms with van der Waals surface area (Å²) in [5.74, 6) is -1.04. The summed E-state index contributed by atoms with van der Waals surface area (Å²) in [5, 5.41) is 9.62. The number of carboxylic acid groups (broad SMARTS) is 1. The minimum absolute atomic E-state index is 0.0849. The van der Waals surface area contributed by atoms with Crippen molar-refractivity contribution in [1.29, 1.82) is 0 Å². The lowest BCUT2D eigenvalue weighted by molar-refractivity contribution is -0.136. The van der Waals surface area contributed by atoms with Crippen LogP contribution in [0.5, 0.6) is 0 Å². The van der Waals surface area contributed by atoms with Gasteiger partial charge in [-0.15, -0.1) is 0 Å². The van der Waals surface area contributed by atoms with Crippen molar-refractivity contribution in [3.63, 3.8) is 0 Å². The largest absolute Gasteiger partial charge is 0.481 e. The lowest BCUT2D eigenvalue weighted by Gasteiger charge is -1.99. The van der Waals surface area contributed by atoms with Crippen LogP contribution in [0.4, 0.5) is 0 Å². The van der Waals surface area contributed by atoms with Crippen LogP contribution >= 0.6 is 15.9 Å². The van der Waals surface area contributed by atoms with Gasteiger partial charge in [0, 0.05) is 23.0 Å². The Kier molecular flexibility index (Phi) is 3.02. The first-order valence-electron chi connectivity index (χ1n) is 5.01. The number of halogens is 1. The molecule has 5 heteroatoms. The van der Waals surface area contributed by atoms with E-state index in [2.05, 4.69) is 15.9 Å². The van der Waals surface area contributed by atoms with Crippen LogP contribution < -0.4 is 0 Å². The van der Waals surface area contributed by atoms with Crippen molar-refractivity contribution >= 4 is 38.7 Å². The number of carbonyl (C=O) groups is 2. The van der Waals surface area contributed by atoms with E-state index in [1.165, 1.54) is 11.5 Å².